The summed E-state index contributed by atoms with van der Waals surface area (Å²) in [4.78, 5) is 26.4. The van der Waals surface area contributed by atoms with Crippen LogP contribution in [0.4, 0.5) is 5.95 Å². The van der Waals surface area contributed by atoms with Crippen LogP contribution in [0.3, 0.4) is 0 Å². The lowest BCUT2D eigenvalue weighted by atomic mass is 10.0. The number of anilines is 1. The van der Waals surface area contributed by atoms with Crippen LogP contribution < -0.4 is 4.90 Å². The third kappa shape index (κ3) is 5.56. The number of benzene rings is 3. The first-order valence-corrected chi connectivity index (χ1v) is 12.1. The van der Waals surface area contributed by atoms with Gasteiger partial charge in [-0.1, -0.05) is 90.5 Å². The highest BCUT2D eigenvalue weighted by atomic mass is 35.5. The van der Waals surface area contributed by atoms with E-state index in [0.717, 1.165) is 11.1 Å². The van der Waals surface area contributed by atoms with Gasteiger partial charge in [-0.2, -0.15) is 0 Å². The number of carbonyl (C=O) groups excluding carboxylic acids is 1. The average Bonchev–Trinajstić information content (AvgIpc) is 2.92. The van der Waals surface area contributed by atoms with Crippen LogP contribution in [0.1, 0.15) is 34.5 Å². The molecular weight excluding hydrogens is 472 g/mol. The SMILES string of the molecule is CC(C(O)c1ccccc1)N(C)C(=O)c1cnc(N(C)Cc2ccccc2)nc1-c1ccccc1Cl. The molecule has 0 saturated heterocycles. The minimum atomic E-state index is -0.846. The summed E-state index contributed by atoms with van der Waals surface area (Å²) in [5, 5.41) is 11.4. The van der Waals surface area contributed by atoms with Crippen molar-refractivity contribution in [2.45, 2.75) is 25.6 Å². The molecule has 0 spiro atoms. The summed E-state index contributed by atoms with van der Waals surface area (Å²) in [6.45, 7) is 2.42. The minimum absolute atomic E-state index is 0.301. The van der Waals surface area contributed by atoms with E-state index < -0.39 is 12.1 Å². The lowest BCUT2D eigenvalue weighted by molar-refractivity contribution is 0.0487. The minimum Gasteiger partial charge on any atom is -0.386 e. The Morgan fingerprint density at radius 3 is 2.22 bits per heavy atom. The molecule has 1 aromatic heterocycles. The predicted octanol–water partition coefficient (Wildman–Crippen LogP) is 5.63. The van der Waals surface area contributed by atoms with E-state index in [1.807, 2.05) is 97.7 Å². The summed E-state index contributed by atoms with van der Waals surface area (Å²) in [6, 6.07) is 26.1. The van der Waals surface area contributed by atoms with E-state index in [2.05, 4.69) is 4.98 Å². The standard InChI is InChI=1S/C29H29ClN4O2/c1-20(27(35)22-14-8-5-9-15-22)34(3)28(36)24-18-31-29(33(2)19-21-12-6-4-7-13-21)32-26(24)23-16-10-11-17-25(23)30/h4-18,20,27,35H,19H2,1-3H3. The molecule has 2 unspecified atom stereocenters. The first-order valence-electron chi connectivity index (χ1n) is 11.7. The van der Waals surface area contributed by atoms with Gasteiger partial charge in [-0.25, -0.2) is 9.97 Å². The van der Waals surface area contributed by atoms with Gasteiger partial charge >= 0.3 is 0 Å². The fourth-order valence-electron chi connectivity index (χ4n) is 4.01. The first-order chi connectivity index (χ1) is 17.4. The zero-order chi connectivity index (χ0) is 25.7. The fourth-order valence-corrected chi connectivity index (χ4v) is 4.24. The van der Waals surface area contributed by atoms with Gasteiger partial charge in [0.2, 0.25) is 5.95 Å². The lowest BCUT2D eigenvalue weighted by Gasteiger charge is -2.30. The number of aromatic nitrogens is 2. The van der Waals surface area contributed by atoms with Gasteiger partial charge in [0, 0.05) is 37.4 Å². The fraction of sp³-hybridized carbons (Fsp3) is 0.207. The Bertz CT molecular complexity index is 1320. The highest BCUT2D eigenvalue weighted by molar-refractivity contribution is 6.33. The van der Waals surface area contributed by atoms with Gasteiger partial charge in [0.1, 0.15) is 0 Å². The van der Waals surface area contributed by atoms with E-state index in [1.54, 1.807) is 19.3 Å². The number of halogens is 1. The number of carbonyl (C=O) groups is 1. The molecule has 7 heteroatoms. The Morgan fingerprint density at radius 1 is 0.944 bits per heavy atom. The summed E-state index contributed by atoms with van der Waals surface area (Å²) in [7, 11) is 3.58. The molecule has 6 nitrogen and oxygen atoms in total. The largest absolute Gasteiger partial charge is 0.386 e. The molecule has 1 heterocycles. The van der Waals surface area contributed by atoms with Crippen LogP contribution in [0, 0.1) is 0 Å². The number of aliphatic hydroxyl groups excluding tert-OH is 1. The van der Waals surface area contributed by atoms with E-state index in [9.17, 15) is 9.90 Å². The number of likely N-dealkylation sites (N-methyl/N-ethyl adjacent to an activating group) is 1. The van der Waals surface area contributed by atoms with Crippen molar-refractivity contribution in [1.29, 1.82) is 0 Å². The van der Waals surface area contributed by atoms with Gasteiger partial charge in [0.25, 0.3) is 5.91 Å². The second-order valence-corrected chi connectivity index (χ2v) is 9.17. The van der Waals surface area contributed by atoms with Gasteiger partial charge in [-0.3, -0.25) is 4.79 Å². The van der Waals surface area contributed by atoms with Crippen LogP contribution in [0.25, 0.3) is 11.3 Å². The number of hydrogen-bond acceptors (Lipinski definition) is 5. The van der Waals surface area contributed by atoms with Crippen LogP contribution in [0.15, 0.2) is 91.1 Å². The summed E-state index contributed by atoms with van der Waals surface area (Å²) >= 11 is 6.53. The maximum Gasteiger partial charge on any atom is 0.257 e. The highest BCUT2D eigenvalue weighted by Crippen LogP contribution is 2.31. The molecule has 4 aromatic rings. The lowest BCUT2D eigenvalue weighted by Crippen LogP contribution is -2.39. The Hall–Kier alpha value is -3.74. The molecule has 3 aromatic carbocycles. The maximum atomic E-state index is 13.7. The normalized spacial score (nSPS) is 12.6. The Labute approximate surface area is 216 Å². The van der Waals surface area contributed by atoms with Crippen molar-refractivity contribution in [2.24, 2.45) is 0 Å². The molecule has 0 aliphatic carbocycles. The van der Waals surface area contributed by atoms with Crippen molar-refractivity contribution in [3.63, 3.8) is 0 Å². The molecule has 0 fully saturated rings. The molecular formula is C29H29ClN4O2. The molecule has 184 valence electrons. The van der Waals surface area contributed by atoms with Crippen molar-refractivity contribution in [1.82, 2.24) is 14.9 Å². The van der Waals surface area contributed by atoms with E-state index in [1.165, 1.54) is 4.90 Å². The maximum absolute atomic E-state index is 13.7. The summed E-state index contributed by atoms with van der Waals surface area (Å²) < 4.78 is 0. The number of amides is 1. The third-order valence-electron chi connectivity index (χ3n) is 6.27. The van der Waals surface area contributed by atoms with Gasteiger partial charge < -0.3 is 14.9 Å². The summed E-state index contributed by atoms with van der Waals surface area (Å²) in [5.74, 6) is 0.176. The molecule has 0 bridgehead atoms. The second kappa shape index (κ2) is 11.3. The van der Waals surface area contributed by atoms with Crippen molar-refractivity contribution in [3.05, 3.63) is 113 Å². The van der Waals surface area contributed by atoms with Crippen LogP contribution in [0.5, 0.6) is 0 Å². The third-order valence-corrected chi connectivity index (χ3v) is 6.60. The number of hydrogen-bond donors (Lipinski definition) is 1. The average molecular weight is 501 g/mol. The monoisotopic (exact) mass is 500 g/mol. The van der Waals surface area contributed by atoms with E-state index in [0.29, 0.717) is 34.3 Å². The highest BCUT2D eigenvalue weighted by Gasteiger charge is 2.28. The molecule has 1 N–H and O–H groups in total. The molecule has 0 aliphatic rings. The molecule has 36 heavy (non-hydrogen) atoms. The van der Waals surface area contributed by atoms with E-state index >= 15 is 0 Å². The molecule has 1 amide bonds. The molecule has 0 radical (unpaired) electrons. The topological polar surface area (TPSA) is 69.6 Å². The van der Waals surface area contributed by atoms with Crippen molar-refractivity contribution >= 4 is 23.5 Å². The van der Waals surface area contributed by atoms with E-state index in [4.69, 9.17) is 16.6 Å². The summed E-state index contributed by atoms with van der Waals surface area (Å²) in [5.41, 5.74) is 3.26. The number of rotatable bonds is 8. The van der Waals surface area contributed by atoms with E-state index in [-0.39, 0.29) is 5.91 Å². The zero-order valence-electron chi connectivity index (χ0n) is 20.5. The van der Waals surface area contributed by atoms with Gasteiger partial charge in [0.15, 0.2) is 0 Å². The predicted molar refractivity (Wildman–Crippen MR) is 144 cm³/mol. The van der Waals surface area contributed by atoms with Crippen LogP contribution in [-0.2, 0) is 6.54 Å². The van der Waals surface area contributed by atoms with Crippen LogP contribution in [0.2, 0.25) is 5.02 Å². The molecule has 2 atom stereocenters. The van der Waals surface area contributed by atoms with Crippen LogP contribution >= 0.6 is 11.6 Å². The Balaban J connectivity index is 1.68. The van der Waals surface area contributed by atoms with Crippen molar-refractivity contribution < 1.29 is 9.90 Å². The first kappa shape index (κ1) is 25.4. The number of nitrogens with zero attached hydrogens (tertiary/aromatic N) is 4. The molecule has 0 saturated carbocycles. The number of aliphatic hydroxyl groups is 1. The van der Waals surface area contributed by atoms with Crippen LogP contribution in [-0.4, -0.2) is 46.0 Å². The Morgan fingerprint density at radius 2 is 1.56 bits per heavy atom. The zero-order valence-corrected chi connectivity index (χ0v) is 21.3. The molecule has 0 aliphatic heterocycles. The van der Waals surface area contributed by atoms with Gasteiger partial charge in [-0.15, -0.1) is 0 Å². The second-order valence-electron chi connectivity index (χ2n) is 8.77. The quantitative estimate of drug-likeness (QED) is 0.339. The van der Waals surface area contributed by atoms with Crippen molar-refractivity contribution in [2.75, 3.05) is 19.0 Å². The smallest absolute Gasteiger partial charge is 0.257 e. The summed E-state index contributed by atoms with van der Waals surface area (Å²) in [6.07, 6.45) is 0.698. The molecule has 4 rings (SSSR count). The Kier molecular flexibility index (Phi) is 7.98. The van der Waals surface area contributed by atoms with Gasteiger partial charge in [-0.05, 0) is 24.1 Å². The van der Waals surface area contributed by atoms with Gasteiger partial charge in [0.05, 0.1) is 23.4 Å². The van der Waals surface area contributed by atoms with Crippen molar-refractivity contribution in [3.8, 4) is 11.3 Å².